The number of aliphatic carboxylic acids is 1. The van der Waals surface area contributed by atoms with E-state index in [-0.39, 0.29) is 0 Å². The highest BCUT2D eigenvalue weighted by Crippen LogP contribution is 2.35. The number of nitrogens with one attached hydrogen (secondary N) is 1. The normalized spacial score (nSPS) is 21.3. The second-order valence-electron chi connectivity index (χ2n) is 6.22. The quantitative estimate of drug-likeness (QED) is 0.872. The van der Waals surface area contributed by atoms with Crippen molar-refractivity contribution in [3.8, 4) is 0 Å². The summed E-state index contributed by atoms with van der Waals surface area (Å²) in [7, 11) is 0. The van der Waals surface area contributed by atoms with Gasteiger partial charge in [0.15, 0.2) is 5.54 Å². The number of carboxylic acids is 1. The predicted molar refractivity (Wildman–Crippen MR) is 75.9 cm³/mol. The van der Waals surface area contributed by atoms with Crippen LogP contribution in [0.15, 0.2) is 18.5 Å². The van der Waals surface area contributed by atoms with E-state index in [0.29, 0.717) is 18.4 Å². The zero-order valence-corrected chi connectivity index (χ0v) is 12.5. The third-order valence-corrected chi connectivity index (χ3v) is 3.44. The zero-order chi connectivity index (χ0) is 15.7. The number of pyridine rings is 1. The van der Waals surface area contributed by atoms with Crippen LogP contribution >= 0.6 is 0 Å². The second-order valence-corrected chi connectivity index (χ2v) is 6.22. The molecule has 114 valence electrons. The van der Waals surface area contributed by atoms with E-state index >= 15 is 0 Å². The molecule has 1 unspecified atom stereocenters. The van der Waals surface area contributed by atoms with Crippen LogP contribution in [-0.2, 0) is 21.5 Å². The Morgan fingerprint density at radius 1 is 1.43 bits per heavy atom. The molecule has 1 amide bonds. The first-order chi connectivity index (χ1) is 9.74. The van der Waals surface area contributed by atoms with E-state index in [0.717, 1.165) is 12.0 Å². The highest BCUT2D eigenvalue weighted by molar-refractivity contribution is 5.86. The van der Waals surface area contributed by atoms with E-state index in [1.807, 2.05) is 0 Å². The molecule has 0 radical (unpaired) electrons. The maximum atomic E-state index is 12.0. The largest absolute Gasteiger partial charge is 0.479 e. The number of nitrogens with zero attached hydrogens (tertiary/aromatic N) is 1. The van der Waals surface area contributed by atoms with E-state index < -0.39 is 23.2 Å². The van der Waals surface area contributed by atoms with E-state index in [4.69, 9.17) is 4.74 Å². The van der Waals surface area contributed by atoms with Gasteiger partial charge >= 0.3 is 12.1 Å². The van der Waals surface area contributed by atoms with Crippen LogP contribution in [0.5, 0.6) is 0 Å². The summed E-state index contributed by atoms with van der Waals surface area (Å²) in [6.07, 6.45) is 4.23. The minimum absolute atomic E-state index is 0.332. The second kappa shape index (κ2) is 5.35. The summed E-state index contributed by atoms with van der Waals surface area (Å²) in [6, 6.07) is 1.65. The third kappa shape index (κ3) is 3.15. The molecule has 1 aromatic heterocycles. The number of fused-ring (bicyclic) bond motifs is 1. The summed E-state index contributed by atoms with van der Waals surface area (Å²) < 4.78 is 5.20. The Labute approximate surface area is 123 Å². The predicted octanol–water partition coefficient (Wildman–Crippen LogP) is 2.22. The van der Waals surface area contributed by atoms with Gasteiger partial charge in [-0.3, -0.25) is 4.98 Å². The van der Waals surface area contributed by atoms with Crippen LogP contribution in [0.3, 0.4) is 0 Å². The van der Waals surface area contributed by atoms with Crippen molar-refractivity contribution in [3.63, 3.8) is 0 Å². The van der Waals surface area contributed by atoms with E-state index in [9.17, 15) is 14.7 Å². The number of hydrogen-bond acceptors (Lipinski definition) is 4. The van der Waals surface area contributed by atoms with Gasteiger partial charge in [0.1, 0.15) is 5.60 Å². The van der Waals surface area contributed by atoms with Crippen molar-refractivity contribution in [2.45, 2.75) is 51.2 Å². The smallest absolute Gasteiger partial charge is 0.408 e. The lowest BCUT2D eigenvalue weighted by molar-refractivity contribution is -0.146. The lowest BCUT2D eigenvalue weighted by Gasteiger charge is -2.36. The molecule has 1 aliphatic carbocycles. The van der Waals surface area contributed by atoms with Gasteiger partial charge in [-0.25, -0.2) is 9.59 Å². The van der Waals surface area contributed by atoms with Crippen molar-refractivity contribution in [3.05, 3.63) is 29.6 Å². The topological polar surface area (TPSA) is 88.5 Å². The molecule has 0 spiro atoms. The molecule has 0 fully saturated rings. The highest BCUT2D eigenvalue weighted by Gasteiger charge is 2.45. The number of aryl methyl sites for hydroxylation is 1. The molecule has 1 aromatic rings. The van der Waals surface area contributed by atoms with E-state index in [2.05, 4.69) is 10.3 Å². The molecule has 6 heteroatoms. The molecule has 1 aliphatic rings. The molecular formula is C15H20N2O4. The maximum absolute atomic E-state index is 12.0. The van der Waals surface area contributed by atoms with Crippen LogP contribution in [0.2, 0.25) is 0 Å². The molecule has 1 atom stereocenters. The van der Waals surface area contributed by atoms with Gasteiger partial charge in [-0.2, -0.15) is 0 Å². The van der Waals surface area contributed by atoms with Gasteiger partial charge in [0.2, 0.25) is 0 Å². The molecule has 2 N–H and O–H groups in total. The Balaban J connectivity index is 2.36. The van der Waals surface area contributed by atoms with Crippen molar-refractivity contribution in [1.29, 1.82) is 0 Å². The fourth-order valence-corrected chi connectivity index (χ4v) is 2.60. The highest BCUT2D eigenvalue weighted by atomic mass is 16.6. The summed E-state index contributed by atoms with van der Waals surface area (Å²) in [5.41, 5.74) is -0.692. The Kier molecular flexibility index (Phi) is 3.89. The molecule has 21 heavy (non-hydrogen) atoms. The number of ether oxygens (including phenoxy) is 1. The van der Waals surface area contributed by atoms with Crippen molar-refractivity contribution in [1.82, 2.24) is 10.3 Å². The number of aromatic nitrogens is 1. The maximum Gasteiger partial charge on any atom is 0.408 e. The van der Waals surface area contributed by atoms with Gasteiger partial charge in [0, 0.05) is 12.4 Å². The fourth-order valence-electron chi connectivity index (χ4n) is 2.60. The summed E-state index contributed by atoms with van der Waals surface area (Å²) in [5, 5.41) is 12.2. The van der Waals surface area contributed by atoms with Crippen molar-refractivity contribution in [2.75, 3.05) is 0 Å². The van der Waals surface area contributed by atoms with Crippen molar-refractivity contribution >= 4 is 12.1 Å². The van der Waals surface area contributed by atoms with Crippen LogP contribution < -0.4 is 5.32 Å². The fraction of sp³-hybridized carbons (Fsp3) is 0.533. The minimum atomic E-state index is -1.45. The standard InChI is InChI=1S/C15H20N2O4/c1-14(2,3)21-13(20)17-15(12(18)19)7-4-5-10-9-16-8-6-11(10)15/h6,8-9H,4-5,7H2,1-3H3,(H,17,20)(H,18,19). The van der Waals surface area contributed by atoms with Crippen LogP contribution in [0, 0.1) is 0 Å². The van der Waals surface area contributed by atoms with Gasteiger partial charge in [0.25, 0.3) is 0 Å². The van der Waals surface area contributed by atoms with Gasteiger partial charge in [-0.15, -0.1) is 0 Å². The molecule has 0 aliphatic heterocycles. The number of carbonyl (C=O) groups is 2. The number of alkyl carbamates (subject to hydrolysis) is 1. The Bertz CT molecular complexity index is 565. The van der Waals surface area contributed by atoms with Crippen LogP contribution in [0.1, 0.15) is 44.7 Å². The number of rotatable bonds is 2. The van der Waals surface area contributed by atoms with Crippen LogP contribution in [0.4, 0.5) is 4.79 Å². The van der Waals surface area contributed by atoms with E-state index in [1.165, 1.54) is 0 Å². The molecule has 2 rings (SSSR count). The van der Waals surface area contributed by atoms with Crippen LogP contribution in [-0.4, -0.2) is 27.8 Å². The third-order valence-electron chi connectivity index (χ3n) is 3.44. The molecule has 0 bridgehead atoms. The summed E-state index contributed by atoms with van der Waals surface area (Å²) in [4.78, 5) is 27.9. The van der Waals surface area contributed by atoms with Gasteiger partial charge in [-0.1, -0.05) is 0 Å². The molecule has 0 aromatic carbocycles. The van der Waals surface area contributed by atoms with Gasteiger partial charge in [0.05, 0.1) is 0 Å². The molecule has 6 nitrogen and oxygen atoms in total. The first-order valence-corrected chi connectivity index (χ1v) is 6.92. The Hall–Kier alpha value is -2.11. The molecular weight excluding hydrogens is 272 g/mol. The van der Waals surface area contributed by atoms with Gasteiger partial charge in [-0.05, 0) is 57.2 Å². The lowest BCUT2D eigenvalue weighted by Crippen LogP contribution is -2.54. The number of amides is 1. The minimum Gasteiger partial charge on any atom is -0.479 e. The number of carboxylic acid groups (broad SMARTS) is 1. The first-order valence-electron chi connectivity index (χ1n) is 6.92. The zero-order valence-electron chi connectivity index (χ0n) is 12.5. The monoisotopic (exact) mass is 292 g/mol. The van der Waals surface area contributed by atoms with E-state index in [1.54, 1.807) is 39.2 Å². The molecule has 1 heterocycles. The number of carbonyl (C=O) groups excluding carboxylic acids is 1. The van der Waals surface area contributed by atoms with Crippen LogP contribution in [0.25, 0.3) is 0 Å². The van der Waals surface area contributed by atoms with Crippen molar-refractivity contribution < 1.29 is 19.4 Å². The summed E-state index contributed by atoms with van der Waals surface area (Å²) in [5.74, 6) is -1.08. The first kappa shape index (κ1) is 15.3. The average Bonchev–Trinajstić information content (AvgIpc) is 2.36. The lowest BCUT2D eigenvalue weighted by atomic mass is 9.77. The Morgan fingerprint density at radius 2 is 2.14 bits per heavy atom. The average molecular weight is 292 g/mol. The molecule has 0 saturated heterocycles. The Morgan fingerprint density at radius 3 is 2.76 bits per heavy atom. The van der Waals surface area contributed by atoms with Gasteiger partial charge < -0.3 is 15.2 Å². The van der Waals surface area contributed by atoms with Crippen molar-refractivity contribution in [2.24, 2.45) is 0 Å². The number of hydrogen-bond donors (Lipinski definition) is 2. The summed E-state index contributed by atoms with van der Waals surface area (Å²) in [6.45, 7) is 5.20. The SMILES string of the molecule is CC(C)(C)OC(=O)NC1(C(=O)O)CCCc2cnccc21. The summed E-state index contributed by atoms with van der Waals surface area (Å²) >= 11 is 0. The molecule has 0 saturated carbocycles.